The molecule has 0 radical (unpaired) electrons. The number of methoxy groups -OCH3 is 2. The number of fused-ring (bicyclic) bond motifs is 1. The standard InChI is InChI=1S/C16H20O7/c1-19-13-12-11(22-15(20-2)16(13,18)9-17)8-21-14(23-12)10-6-4-3-5-7-10/h3-7,9,11-15,18H,8H2,1-2H3/t11-,12-,13+,14?,15+,16+/m1/s1. The minimum atomic E-state index is -1.96. The maximum Gasteiger partial charge on any atom is 0.199 e. The summed E-state index contributed by atoms with van der Waals surface area (Å²) in [4.78, 5) is 11.5. The van der Waals surface area contributed by atoms with Gasteiger partial charge in [-0.1, -0.05) is 30.3 Å². The summed E-state index contributed by atoms with van der Waals surface area (Å²) in [6.45, 7) is 0.235. The maximum atomic E-state index is 11.5. The van der Waals surface area contributed by atoms with Crippen molar-refractivity contribution in [3.05, 3.63) is 35.9 Å². The largest absolute Gasteiger partial charge is 0.375 e. The molecule has 0 amide bonds. The lowest BCUT2D eigenvalue weighted by atomic mass is 9.87. The van der Waals surface area contributed by atoms with Crippen molar-refractivity contribution in [2.75, 3.05) is 20.8 Å². The molecule has 0 spiro atoms. The lowest BCUT2D eigenvalue weighted by Gasteiger charge is -2.50. The van der Waals surface area contributed by atoms with Crippen LogP contribution in [0.3, 0.4) is 0 Å². The summed E-state index contributed by atoms with van der Waals surface area (Å²) in [6.07, 6.45) is -3.49. The van der Waals surface area contributed by atoms with E-state index in [0.717, 1.165) is 5.56 Å². The van der Waals surface area contributed by atoms with Crippen LogP contribution >= 0.6 is 0 Å². The third-order valence-corrected chi connectivity index (χ3v) is 4.22. The second-order valence-corrected chi connectivity index (χ2v) is 5.58. The highest BCUT2D eigenvalue weighted by molar-refractivity contribution is 5.65. The van der Waals surface area contributed by atoms with Crippen LogP contribution in [0.2, 0.25) is 0 Å². The average molecular weight is 324 g/mol. The third-order valence-electron chi connectivity index (χ3n) is 4.22. The number of hydrogen-bond acceptors (Lipinski definition) is 7. The molecular formula is C16H20O7. The van der Waals surface area contributed by atoms with Crippen LogP contribution in [0.15, 0.2) is 30.3 Å². The minimum Gasteiger partial charge on any atom is -0.375 e. The minimum absolute atomic E-state index is 0.235. The molecule has 6 atom stereocenters. The Bertz CT molecular complexity index is 536. The zero-order chi connectivity index (χ0) is 16.4. The zero-order valence-electron chi connectivity index (χ0n) is 13.0. The lowest BCUT2D eigenvalue weighted by molar-refractivity contribution is -0.375. The summed E-state index contributed by atoms with van der Waals surface area (Å²) < 4.78 is 27.7. The lowest BCUT2D eigenvalue weighted by Crippen LogP contribution is -2.70. The zero-order valence-corrected chi connectivity index (χ0v) is 13.0. The van der Waals surface area contributed by atoms with Gasteiger partial charge in [-0.3, -0.25) is 4.79 Å². The molecule has 7 heteroatoms. The predicted molar refractivity (Wildman–Crippen MR) is 77.5 cm³/mol. The van der Waals surface area contributed by atoms with E-state index in [4.69, 9.17) is 23.7 Å². The quantitative estimate of drug-likeness (QED) is 0.804. The third kappa shape index (κ3) is 2.80. The summed E-state index contributed by atoms with van der Waals surface area (Å²) in [5.74, 6) is 0. The van der Waals surface area contributed by atoms with Crippen molar-refractivity contribution in [3.63, 3.8) is 0 Å². The maximum absolute atomic E-state index is 11.5. The van der Waals surface area contributed by atoms with Crippen molar-refractivity contribution in [1.29, 1.82) is 0 Å². The molecular weight excluding hydrogens is 304 g/mol. The van der Waals surface area contributed by atoms with Crippen LogP contribution < -0.4 is 0 Å². The normalized spacial score (nSPS) is 40.4. The summed E-state index contributed by atoms with van der Waals surface area (Å²) in [5.41, 5.74) is -1.12. The number of hydrogen-bond donors (Lipinski definition) is 1. The Morgan fingerprint density at radius 2 is 1.96 bits per heavy atom. The van der Waals surface area contributed by atoms with Gasteiger partial charge in [0.05, 0.1) is 6.61 Å². The average Bonchev–Trinajstić information content (AvgIpc) is 2.61. The second kappa shape index (κ2) is 6.64. The van der Waals surface area contributed by atoms with Gasteiger partial charge in [-0.2, -0.15) is 0 Å². The van der Waals surface area contributed by atoms with Crippen LogP contribution in [0.4, 0.5) is 0 Å². The highest BCUT2D eigenvalue weighted by Gasteiger charge is 2.59. The Labute approximate surface area is 134 Å². The molecule has 1 aromatic carbocycles. The number of rotatable bonds is 4. The molecule has 2 fully saturated rings. The molecule has 2 heterocycles. The van der Waals surface area contributed by atoms with Crippen molar-refractivity contribution in [2.24, 2.45) is 0 Å². The fourth-order valence-corrected chi connectivity index (χ4v) is 3.07. The first kappa shape index (κ1) is 16.5. The van der Waals surface area contributed by atoms with Gasteiger partial charge in [0.15, 0.2) is 24.5 Å². The molecule has 1 N–H and O–H groups in total. The van der Waals surface area contributed by atoms with E-state index in [1.807, 2.05) is 30.3 Å². The topological polar surface area (TPSA) is 83.5 Å². The van der Waals surface area contributed by atoms with Gasteiger partial charge in [0, 0.05) is 19.8 Å². The molecule has 1 aromatic rings. The molecule has 23 heavy (non-hydrogen) atoms. The number of benzene rings is 1. The monoisotopic (exact) mass is 324 g/mol. The van der Waals surface area contributed by atoms with Crippen LogP contribution in [-0.4, -0.2) is 62.4 Å². The van der Waals surface area contributed by atoms with Crippen LogP contribution in [0.5, 0.6) is 0 Å². The van der Waals surface area contributed by atoms with E-state index in [1.165, 1.54) is 14.2 Å². The first-order chi connectivity index (χ1) is 11.1. The van der Waals surface area contributed by atoms with Gasteiger partial charge in [-0.25, -0.2) is 0 Å². The van der Waals surface area contributed by atoms with E-state index in [-0.39, 0.29) is 6.61 Å². The molecule has 1 unspecified atom stereocenters. The highest BCUT2D eigenvalue weighted by Crippen LogP contribution is 2.38. The molecule has 2 aliphatic rings. The van der Waals surface area contributed by atoms with Crippen molar-refractivity contribution in [1.82, 2.24) is 0 Å². The molecule has 0 aromatic heterocycles. The van der Waals surface area contributed by atoms with Crippen molar-refractivity contribution < 1.29 is 33.6 Å². The van der Waals surface area contributed by atoms with Gasteiger partial charge < -0.3 is 28.8 Å². The van der Waals surface area contributed by atoms with Gasteiger partial charge in [-0.05, 0) is 0 Å². The van der Waals surface area contributed by atoms with E-state index < -0.39 is 36.5 Å². The van der Waals surface area contributed by atoms with E-state index >= 15 is 0 Å². The predicted octanol–water partition coefficient (Wildman–Crippen LogP) is 0.417. The molecule has 3 rings (SSSR count). The number of aliphatic hydroxyl groups is 1. The number of carbonyl (C=O) groups is 1. The molecule has 2 saturated heterocycles. The molecule has 0 bridgehead atoms. The number of aldehydes is 1. The molecule has 7 nitrogen and oxygen atoms in total. The molecule has 126 valence electrons. The van der Waals surface area contributed by atoms with Gasteiger partial charge in [0.2, 0.25) is 0 Å². The van der Waals surface area contributed by atoms with Gasteiger partial charge >= 0.3 is 0 Å². The van der Waals surface area contributed by atoms with Gasteiger partial charge in [-0.15, -0.1) is 0 Å². The fraction of sp³-hybridized carbons (Fsp3) is 0.562. The van der Waals surface area contributed by atoms with E-state index in [9.17, 15) is 9.90 Å². The molecule has 0 saturated carbocycles. The fourth-order valence-electron chi connectivity index (χ4n) is 3.07. The van der Waals surface area contributed by atoms with Crippen molar-refractivity contribution in [2.45, 2.75) is 36.5 Å². The summed E-state index contributed by atoms with van der Waals surface area (Å²) in [5, 5.41) is 10.6. The Kier molecular flexibility index (Phi) is 4.77. The first-order valence-corrected chi connectivity index (χ1v) is 7.35. The number of carbonyl (C=O) groups excluding carboxylic acids is 1. The molecule has 0 aliphatic carbocycles. The van der Waals surface area contributed by atoms with Gasteiger partial charge in [0.25, 0.3) is 0 Å². The van der Waals surface area contributed by atoms with Gasteiger partial charge in [0.1, 0.15) is 18.3 Å². The summed E-state index contributed by atoms with van der Waals surface area (Å²) in [6, 6.07) is 9.40. The van der Waals surface area contributed by atoms with Crippen LogP contribution in [-0.2, 0) is 28.5 Å². The van der Waals surface area contributed by atoms with Crippen LogP contribution in [0.25, 0.3) is 0 Å². The van der Waals surface area contributed by atoms with Crippen molar-refractivity contribution in [3.8, 4) is 0 Å². The Morgan fingerprint density at radius 1 is 1.22 bits per heavy atom. The SMILES string of the molecule is CO[C@H]1O[C@@H]2COC(c3ccccc3)O[C@H]2[C@H](OC)[C@@]1(O)C=O. The van der Waals surface area contributed by atoms with E-state index in [2.05, 4.69) is 0 Å². The summed E-state index contributed by atoms with van der Waals surface area (Å²) in [7, 11) is 2.76. The Balaban J connectivity index is 1.86. The smallest absolute Gasteiger partial charge is 0.199 e. The first-order valence-electron chi connectivity index (χ1n) is 7.35. The van der Waals surface area contributed by atoms with Crippen molar-refractivity contribution >= 4 is 6.29 Å². The van der Waals surface area contributed by atoms with E-state index in [1.54, 1.807) is 0 Å². The number of ether oxygens (including phenoxy) is 5. The summed E-state index contributed by atoms with van der Waals surface area (Å²) >= 11 is 0. The Morgan fingerprint density at radius 3 is 2.57 bits per heavy atom. The van der Waals surface area contributed by atoms with E-state index in [0.29, 0.717) is 6.29 Å². The molecule has 2 aliphatic heterocycles. The van der Waals surface area contributed by atoms with Crippen LogP contribution in [0, 0.1) is 0 Å². The Hall–Kier alpha value is -1.35. The van der Waals surface area contributed by atoms with Crippen LogP contribution in [0.1, 0.15) is 11.9 Å². The second-order valence-electron chi connectivity index (χ2n) is 5.58. The highest BCUT2D eigenvalue weighted by atomic mass is 16.8.